The molecule has 2 saturated heterocycles. The van der Waals surface area contributed by atoms with Gasteiger partial charge in [-0.1, -0.05) is 11.6 Å². The van der Waals surface area contributed by atoms with Crippen LogP contribution in [0.5, 0.6) is 5.75 Å². The Bertz CT molecular complexity index is 673. The molecule has 3 heterocycles. The van der Waals surface area contributed by atoms with Crippen LogP contribution in [0.2, 0.25) is 5.02 Å². The van der Waals surface area contributed by atoms with E-state index < -0.39 is 0 Å². The molecule has 3 aliphatic rings. The van der Waals surface area contributed by atoms with Gasteiger partial charge in [0, 0.05) is 36.9 Å². The summed E-state index contributed by atoms with van der Waals surface area (Å²) >= 11 is 6.32. The number of piperidine rings is 1. The van der Waals surface area contributed by atoms with Gasteiger partial charge < -0.3 is 14.4 Å². The molecular weight excluding hydrogens is 326 g/mol. The Hall–Kier alpha value is -1.26. The minimum absolute atomic E-state index is 0.0194. The number of carbonyl (C=O) groups excluding carboxylic acids is 1. The summed E-state index contributed by atoms with van der Waals surface area (Å²) in [5.41, 5.74) is 1.25. The number of fused-ring (bicyclic) bond motifs is 3. The van der Waals surface area contributed by atoms with Crippen molar-refractivity contribution in [2.75, 3.05) is 7.05 Å². The van der Waals surface area contributed by atoms with Crippen molar-refractivity contribution in [2.24, 2.45) is 0 Å². The van der Waals surface area contributed by atoms with Gasteiger partial charge in [-0.05, 0) is 45.9 Å². The van der Waals surface area contributed by atoms with Gasteiger partial charge in [-0.3, -0.25) is 0 Å². The van der Waals surface area contributed by atoms with Crippen LogP contribution >= 0.6 is 11.6 Å². The maximum Gasteiger partial charge on any atom is 0.338 e. The maximum atomic E-state index is 12.6. The van der Waals surface area contributed by atoms with E-state index in [9.17, 15) is 4.79 Å². The fourth-order valence-corrected chi connectivity index (χ4v) is 4.74. The molecule has 5 heteroatoms. The van der Waals surface area contributed by atoms with Crippen molar-refractivity contribution >= 4 is 17.6 Å². The average molecular weight is 350 g/mol. The lowest BCUT2D eigenvalue weighted by Crippen LogP contribution is -2.43. The molecule has 2 bridgehead atoms. The zero-order valence-corrected chi connectivity index (χ0v) is 15.2. The number of ether oxygens (including phenoxy) is 2. The Morgan fingerprint density at radius 1 is 1.29 bits per heavy atom. The summed E-state index contributed by atoms with van der Waals surface area (Å²) in [4.78, 5) is 15.0. The number of carbonyl (C=O) groups is 1. The van der Waals surface area contributed by atoms with Gasteiger partial charge >= 0.3 is 5.97 Å². The van der Waals surface area contributed by atoms with Crippen LogP contribution in [0, 0.1) is 0 Å². The third-order valence-corrected chi connectivity index (χ3v) is 5.96. The predicted molar refractivity (Wildman–Crippen MR) is 92.9 cm³/mol. The lowest BCUT2D eigenvalue weighted by atomic mass is 9.99. The molecule has 0 amide bonds. The minimum atomic E-state index is -0.276. The number of rotatable bonds is 2. The van der Waals surface area contributed by atoms with Gasteiger partial charge in [0.05, 0.1) is 10.6 Å². The molecule has 2 unspecified atom stereocenters. The van der Waals surface area contributed by atoms with Crippen LogP contribution < -0.4 is 4.74 Å². The second-order valence-electron chi connectivity index (χ2n) is 8.03. The van der Waals surface area contributed by atoms with E-state index in [0.717, 1.165) is 24.8 Å². The quantitative estimate of drug-likeness (QED) is 0.760. The van der Waals surface area contributed by atoms with Crippen molar-refractivity contribution in [2.45, 2.75) is 69.7 Å². The Balaban J connectivity index is 1.49. The summed E-state index contributed by atoms with van der Waals surface area (Å²) in [6, 6.07) is 4.66. The predicted octanol–water partition coefficient (Wildman–Crippen LogP) is 3.84. The molecule has 0 spiro atoms. The molecule has 1 aromatic carbocycles. The molecule has 2 atom stereocenters. The van der Waals surface area contributed by atoms with E-state index >= 15 is 0 Å². The number of halogens is 1. The third-order valence-electron chi connectivity index (χ3n) is 5.68. The van der Waals surface area contributed by atoms with Crippen molar-refractivity contribution in [1.82, 2.24) is 4.90 Å². The van der Waals surface area contributed by atoms with Crippen LogP contribution in [0.15, 0.2) is 12.1 Å². The Kier molecular flexibility index (Phi) is 3.81. The Morgan fingerprint density at radius 2 is 1.96 bits per heavy atom. The highest BCUT2D eigenvalue weighted by Crippen LogP contribution is 2.41. The van der Waals surface area contributed by atoms with Crippen LogP contribution in [-0.2, 0) is 11.2 Å². The van der Waals surface area contributed by atoms with E-state index in [0.29, 0.717) is 28.4 Å². The van der Waals surface area contributed by atoms with E-state index in [1.165, 1.54) is 12.8 Å². The summed E-state index contributed by atoms with van der Waals surface area (Å²) in [6.07, 6.45) is 5.08. The van der Waals surface area contributed by atoms with Crippen LogP contribution in [0.25, 0.3) is 0 Å². The summed E-state index contributed by atoms with van der Waals surface area (Å²) in [6.45, 7) is 4.05. The molecule has 0 radical (unpaired) electrons. The smallest absolute Gasteiger partial charge is 0.338 e. The molecule has 0 N–H and O–H groups in total. The van der Waals surface area contributed by atoms with E-state index in [-0.39, 0.29) is 17.7 Å². The first-order valence-corrected chi connectivity index (χ1v) is 9.14. The molecule has 4 nitrogen and oxygen atoms in total. The van der Waals surface area contributed by atoms with Crippen molar-refractivity contribution in [3.63, 3.8) is 0 Å². The lowest BCUT2D eigenvalue weighted by Gasteiger charge is -2.35. The molecule has 24 heavy (non-hydrogen) atoms. The van der Waals surface area contributed by atoms with E-state index in [2.05, 4.69) is 11.9 Å². The van der Waals surface area contributed by atoms with Gasteiger partial charge in [-0.15, -0.1) is 0 Å². The standard InChI is InChI=1S/C19H24ClNO3/c1-19(2)10-12-6-11(7-16(20)17(12)24-19)18(22)23-15-8-13-4-5-14(9-15)21(13)3/h6-7,13-15H,4-5,8-10H2,1-3H3. The van der Waals surface area contributed by atoms with Crippen molar-refractivity contribution < 1.29 is 14.3 Å². The normalized spacial score (nSPS) is 30.8. The van der Waals surface area contributed by atoms with Gasteiger partial charge in [0.2, 0.25) is 0 Å². The fourth-order valence-electron chi connectivity index (χ4n) is 4.46. The maximum absolute atomic E-state index is 12.6. The molecule has 2 fully saturated rings. The Labute approximate surface area is 148 Å². The second-order valence-corrected chi connectivity index (χ2v) is 8.44. The first-order chi connectivity index (χ1) is 11.3. The third kappa shape index (κ3) is 2.80. The summed E-state index contributed by atoms with van der Waals surface area (Å²) in [7, 11) is 2.18. The van der Waals surface area contributed by atoms with Gasteiger partial charge in [-0.2, -0.15) is 0 Å². The first kappa shape index (κ1) is 16.2. The first-order valence-electron chi connectivity index (χ1n) is 8.77. The molecule has 0 aromatic heterocycles. The topological polar surface area (TPSA) is 38.8 Å². The molecule has 4 rings (SSSR count). The van der Waals surface area contributed by atoms with E-state index in [1.54, 1.807) is 6.07 Å². The SMILES string of the molecule is CN1C2CCC1CC(OC(=O)c1cc(Cl)c3c(c1)CC(C)(C)O3)C2. The molecule has 0 saturated carbocycles. The van der Waals surface area contributed by atoms with Crippen LogP contribution in [0.4, 0.5) is 0 Å². The van der Waals surface area contributed by atoms with Gasteiger partial charge in [0.1, 0.15) is 17.5 Å². The zero-order valence-electron chi connectivity index (χ0n) is 14.5. The van der Waals surface area contributed by atoms with Crippen LogP contribution in [0.3, 0.4) is 0 Å². The highest BCUT2D eigenvalue weighted by Gasteiger charge is 2.40. The number of nitrogens with zero attached hydrogens (tertiary/aromatic N) is 1. The molecule has 0 aliphatic carbocycles. The van der Waals surface area contributed by atoms with Gasteiger partial charge in [0.25, 0.3) is 0 Å². The zero-order chi connectivity index (χ0) is 17.1. The highest BCUT2D eigenvalue weighted by atomic mass is 35.5. The van der Waals surface area contributed by atoms with Gasteiger partial charge in [-0.25, -0.2) is 4.79 Å². The van der Waals surface area contributed by atoms with Crippen molar-refractivity contribution in [1.29, 1.82) is 0 Å². The molecule has 130 valence electrons. The molecule has 1 aromatic rings. The highest BCUT2D eigenvalue weighted by molar-refractivity contribution is 6.32. The number of hydrogen-bond donors (Lipinski definition) is 0. The minimum Gasteiger partial charge on any atom is -0.486 e. The number of esters is 1. The van der Waals surface area contributed by atoms with Crippen molar-refractivity contribution in [3.8, 4) is 5.75 Å². The molecule has 3 aliphatic heterocycles. The van der Waals surface area contributed by atoms with Crippen LogP contribution in [0.1, 0.15) is 55.5 Å². The summed E-state index contributed by atoms with van der Waals surface area (Å²) in [5, 5.41) is 0.494. The van der Waals surface area contributed by atoms with Crippen LogP contribution in [-0.4, -0.2) is 41.7 Å². The summed E-state index contributed by atoms with van der Waals surface area (Å²) in [5.74, 6) is 0.439. The fraction of sp³-hybridized carbons (Fsp3) is 0.632. The summed E-state index contributed by atoms with van der Waals surface area (Å²) < 4.78 is 11.7. The Morgan fingerprint density at radius 3 is 2.62 bits per heavy atom. The number of benzene rings is 1. The number of hydrogen-bond acceptors (Lipinski definition) is 4. The monoisotopic (exact) mass is 349 g/mol. The lowest BCUT2D eigenvalue weighted by molar-refractivity contribution is -0.000458. The largest absolute Gasteiger partial charge is 0.486 e. The second kappa shape index (κ2) is 5.63. The van der Waals surface area contributed by atoms with E-state index in [1.807, 2.05) is 19.9 Å². The van der Waals surface area contributed by atoms with Crippen molar-refractivity contribution in [3.05, 3.63) is 28.3 Å². The molecular formula is C19H24ClNO3. The average Bonchev–Trinajstić information content (AvgIpc) is 2.90. The van der Waals surface area contributed by atoms with E-state index in [4.69, 9.17) is 21.1 Å². The van der Waals surface area contributed by atoms with Gasteiger partial charge in [0.15, 0.2) is 0 Å².